The van der Waals surface area contributed by atoms with Gasteiger partial charge in [-0.3, -0.25) is 9.78 Å². The molecule has 0 spiro atoms. The molecule has 2 heterocycles. The van der Waals surface area contributed by atoms with Gasteiger partial charge in [0, 0.05) is 18.8 Å². The smallest absolute Gasteiger partial charge is 0.255 e. The average Bonchev–Trinajstić information content (AvgIpc) is 2.45. The lowest BCUT2D eigenvalue weighted by Crippen LogP contribution is -2.46. The normalized spacial score (nSPS) is 16.3. The van der Waals surface area contributed by atoms with E-state index >= 15 is 0 Å². The highest BCUT2D eigenvalue weighted by molar-refractivity contribution is 5.94. The molecule has 0 unspecified atom stereocenters. The number of rotatable bonds is 4. The van der Waals surface area contributed by atoms with Gasteiger partial charge in [-0.2, -0.15) is 0 Å². The maximum atomic E-state index is 12.5. The molecule has 2 rings (SSSR count). The van der Waals surface area contributed by atoms with Crippen molar-refractivity contribution in [3.8, 4) is 5.75 Å². The van der Waals surface area contributed by atoms with Gasteiger partial charge in [0.05, 0.1) is 11.8 Å². The number of pyridine rings is 1. The fourth-order valence-electron chi connectivity index (χ4n) is 2.52. The van der Waals surface area contributed by atoms with Crippen molar-refractivity contribution in [2.24, 2.45) is 0 Å². The third-order valence-electron chi connectivity index (χ3n) is 3.45. The van der Waals surface area contributed by atoms with Crippen molar-refractivity contribution < 1.29 is 9.90 Å². The molecular weight excluding hydrogens is 242 g/mol. The summed E-state index contributed by atoms with van der Waals surface area (Å²) in [6, 6.07) is 1.77. The number of hydrogen-bond donors (Lipinski definition) is 2. The first-order valence-electron chi connectivity index (χ1n) is 6.88. The minimum Gasteiger partial charge on any atom is -0.506 e. The summed E-state index contributed by atoms with van der Waals surface area (Å²) >= 11 is 0. The topological polar surface area (TPSA) is 65.5 Å². The molecule has 0 aliphatic carbocycles. The Balaban J connectivity index is 2.15. The van der Waals surface area contributed by atoms with Crippen LogP contribution in [0.2, 0.25) is 0 Å². The first-order valence-corrected chi connectivity index (χ1v) is 6.88. The second-order valence-electron chi connectivity index (χ2n) is 4.91. The maximum absolute atomic E-state index is 12.5. The summed E-state index contributed by atoms with van der Waals surface area (Å²) in [5, 5.41) is 12.7. The summed E-state index contributed by atoms with van der Waals surface area (Å²) in [6.45, 7) is 4.73. The fraction of sp³-hybridized carbons (Fsp3) is 0.571. The van der Waals surface area contributed by atoms with Gasteiger partial charge in [0.1, 0.15) is 5.75 Å². The molecule has 19 heavy (non-hydrogen) atoms. The number of aromatic nitrogens is 1. The van der Waals surface area contributed by atoms with Gasteiger partial charge in [-0.1, -0.05) is 6.92 Å². The predicted octanol–water partition coefficient (Wildman–Crippen LogP) is 1.39. The lowest BCUT2D eigenvalue weighted by atomic mass is 10.0. The lowest BCUT2D eigenvalue weighted by Gasteiger charge is -2.34. The van der Waals surface area contributed by atoms with Crippen LogP contribution < -0.4 is 5.32 Å². The molecule has 1 aliphatic heterocycles. The minimum absolute atomic E-state index is 0.0304. The Bertz CT molecular complexity index is 430. The largest absolute Gasteiger partial charge is 0.506 e. The highest BCUT2D eigenvalue weighted by Gasteiger charge is 2.25. The Labute approximate surface area is 113 Å². The van der Waals surface area contributed by atoms with Crippen LogP contribution in [0.15, 0.2) is 18.5 Å². The number of carbonyl (C=O) groups excluding carboxylic acids is 1. The minimum atomic E-state index is -0.0304. The van der Waals surface area contributed by atoms with Crippen molar-refractivity contribution in [3.05, 3.63) is 24.0 Å². The molecule has 0 radical (unpaired) electrons. The van der Waals surface area contributed by atoms with E-state index in [2.05, 4.69) is 17.2 Å². The summed E-state index contributed by atoms with van der Waals surface area (Å²) < 4.78 is 0. The Kier molecular flexibility index (Phi) is 4.74. The van der Waals surface area contributed by atoms with Gasteiger partial charge < -0.3 is 15.3 Å². The molecule has 0 saturated carbocycles. The Morgan fingerprint density at radius 2 is 2.21 bits per heavy atom. The van der Waals surface area contributed by atoms with Crippen molar-refractivity contribution in [2.45, 2.75) is 32.2 Å². The molecule has 1 saturated heterocycles. The monoisotopic (exact) mass is 263 g/mol. The predicted molar refractivity (Wildman–Crippen MR) is 73.1 cm³/mol. The van der Waals surface area contributed by atoms with Crippen molar-refractivity contribution in [1.82, 2.24) is 15.2 Å². The molecule has 2 N–H and O–H groups in total. The van der Waals surface area contributed by atoms with Crippen molar-refractivity contribution in [2.75, 3.05) is 19.6 Å². The van der Waals surface area contributed by atoms with E-state index < -0.39 is 0 Å². The Morgan fingerprint density at radius 3 is 2.84 bits per heavy atom. The standard InChI is InChI=1S/C14H21N3O2/c1-2-7-17(12-3-5-15-6-4-12)14(19)11-8-13(18)10-16-9-11/h8-10,12,15,18H,2-7H2,1H3. The SMILES string of the molecule is CCCN(C(=O)c1cncc(O)c1)C1CCNCC1. The van der Waals surface area contributed by atoms with Crippen LogP contribution in [0.4, 0.5) is 0 Å². The molecule has 1 aromatic rings. The van der Waals surface area contributed by atoms with E-state index in [1.165, 1.54) is 18.5 Å². The van der Waals surface area contributed by atoms with Gasteiger partial charge >= 0.3 is 0 Å². The summed E-state index contributed by atoms with van der Waals surface area (Å²) in [5.74, 6) is 0.00441. The number of nitrogens with zero attached hydrogens (tertiary/aromatic N) is 2. The van der Waals surface area contributed by atoms with Gasteiger partial charge in [-0.25, -0.2) is 0 Å². The molecule has 1 aromatic heterocycles. The average molecular weight is 263 g/mol. The molecule has 1 fully saturated rings. The fourth-order valence-corrected chi connectivity index (χ4v) is 2.52. The zero-order chi connectivity index (χ0) is 13.7. The molecule has 1 aliphatic rings. The van der Waals surface area contributed by atoms with Crippen LogP contribution in [-0.4, -0.2) is 46.6 Å². The molecular formula is C14H21N3O2. The van der Waals surface area contributed by atoms with E-state index in [-0.39, 0.29) is 17.7 Å². The quantitative estimate of drug-likeness (QED) is 0.861. The number of nitrogens with one attached hydrogen (secondary N) is 1. The molecule has 0 atom stereocenters. The van der Waals surface area contributed by atoms with Gasteiger partial charge in [-0.05, 0) is 38.4 Å². The van der Waals surface area contributed by atoms with Crippen LogP contribution in [-0.2, 0) is 0 Å². The number of hydrogen-bond acceptors (Lipinski definition) is 4. The van der Waals surface area contributed by atoms with E-state index in [1.54, 1.807) is 0 Å². The van der Waals surface area contributed by atoms with Crippen molar-refractivity contribution in [3.63, 3.8) is 0 Å². The lowest BCUT2D eigenvalue weighted by molar-refractivity contribution is 0.0642. The Morgan fingerprint density at radius 1 is 1.47 bits per heavy atom. The van der Waals surface area contributed by atoms with E-state index in [0.29, 0.717) is 5.56 Å². The number of carbonyl (C=O) groups is 1. The van der Waals surface area contributed by atoms with E-state index in [4.69, 9.17) is 0 Å². The first-order chi connectivity index (χ1) is 9.22. The summed E-state index contributed by atoms with van der Waals surface area (Å²) in [6.07, 6.45) is 5.76. The molecule has 5 heteroatoms. The second kappa shape index (κ2) is 6.52. The van der Waals surface area contributed by atoms with Crippen molar-refractivity contribution in [1.29, 1.82) is 0 Å². The van der Waals surface area contributed by atoms with Crippen LogP contribution in [0.5, 0.6) is 5.75 Å². The summed E-state index contributed by atoms with van der Waals surface area (Å²) in [7, 11) is 0. The second-order valence-corrected chi connectivity index (χ2v) is 4.91. The van der Waals surface area contributed by atoms with Crippen LogP contribution in [0.1, 0.15) is 36.5 Å². The van der Waals surface area contributed by atoms with Gasteiger partial charge in [0.2, 0.25) is 0 Å². The van der Waals surface area contributed by atoms with Crippen LogP contribution >= 0.6 is 0 Å². The van der Waals surface area contributed by atoms with Gasteiger partial charge in [0.15, 0.2) is 0 Å². The van der Waals surface area contributed by atoms with E-state index in [9.17, 15) is 9.90 Å². The zero-order valence-electron chi connectivity index (χ0n) is 11.3. The van der Waals surface area contributed by atoms with E-state index in [1.807, 2.05) is 4.90 Å². The molecule has 0 bridgehead atoms. The Hall–Kier alpha value is -1.62. The number of aromatic hydroxyl groups is 1. The van der Waals surface area contributed by atoms with Gasteiger partial charge in [-0.15, -0.1) is 0 Å². The molecule has 5 nitrogen and oxygen atoms in total. The van der Waals surface area contributed by atoms with Crippen LogP contribution in [0.25, 0.3) is 0 Å². The molecule has 0 aromatic carbocycles. The van der Waals surface area contributed by atoms with Crippen LogP contribution in [0, 0.1) is 0 Å². The maximum Gasteiger partial charge on any atom is 0.255 e. The van der Waals surface area contributed by atoms with Gasteiger partial charge in [0.25, 0.3) is 5.91 Å². The third-order valence-corrected chi connectivity index (χ3v) is 3.45. The molecule has 1 amide bonds. The number of piperidine rings is 1. The first kappa shape index (κ1) is 13.8. The summed E-state index contributed by atoms with van der Waals surface area (Å²) in [4.78, 5) is 18.4. The third kappa shape index (κ3) is 3.44. The van der Waals surface area contributed by atoms with Crippen LogP contribution in [0.3, 0.4) is 0 Å². The highest BCUT2D eigenvalue weighted by Crippen LogP contribution is 2.17. The molecule has 104 valence electrons. The number of amides is 1. The van der Waals surface area contributed by atoms with E-state index in [0.717, 1.165) is 38.9 Å². The zero-order valence-corrected chi connectivity index (χ0v) is 11.3. The van der Waals surface area contributed by atoms with Crippen molar-refractivity contribution >= 4 is 5.91 Å². The summed E-state index contributed by atoms with van der Waals surface area (Å²) in [5.41, 5.74) is 0.465. The highest BCUT2D eigenvalue weighted by atomic mass is 16.3.